The van der Waals surface area contributed by atoms with Gasteiger partial charge < -0.3 is 20.7 Å². The third-order valence-corrected chi connectivity index (χ3v) is 7.62. The summed E-state index contributed by atoms with van der Waals surface area (Å²) in [5, 5.41) is 9.24. The van der Waals surface area contributed by atoms with E-state index in [0.717, 1.165) is 29.7 Å². The summed E-state index contributed by atoms with van der Waals surface area (Å²) in [5.74, 6) is -0.769. The summed E-state index contributed by atoms with van der Waals surface area (Å²) in [6.07, 6.45) is 2.87. The largest absolute Gasteiger partial charge is 0.374 e. The van der Waals surface area contributed by atoms with Crippen molar-refractivity contribution >= 4 is 23.4 Å². The average Bonchev–Trinajstić information content (AvgIpc) is 3.73. The number of nitrogens with zero attached hydrogens (tertiary/aromatic N) is 3. The van der Waals surface area contributed by atoms with Crippen LogP contribution in [0.25, 0.3) is 0 Å². The molecule has 2 aliphatic heterocycles. The van der Waals surface area contributed by atoms with Crippen LogP contribution >= 0.6 is 0 Å². The number of nitrogens with two attached hydrogens (primary N) is 1. The van der Waals surface area contributed by atoms with Gasteiger partial charge >= 0.3 is 0 Å². The van der Waals surface area contributed by atoms with E-state index in [9.17, 15) is 14.4 Å². The third-order valence-electron chi connectivity index (χ3n) is 7.62. The van der Waals surface area contributed by atoms with Crippen molar-refractivity contribution in [3.63, 3.8) is 0 Å². The Morgan fingerprint density at radius 3 is 2.36 bits per heavy atom. The first kappa shape index (κ1) is 27.0. The summed E-state index contributed by atoms with van der Waals surface area (Å²) in [4.78, 5) is 42.3. The molecule has 1 saturated carbocycles. The van der Waals surface area contributed by atoms with Crippen LogP contribution in [0.2, 0.25) is 0 Å². The molecule has 2 aromatic carbocycles. The van der Waals surface area contributed by atoms with Gasteiger partial charge in [-0.1, -0.05) is 60.7 Å². The van der Waals surface area contributed by atoms with Crippen LogP contribution in [0, 0.1) is 5.41 Å². The summed E-state index contributed by atoms with van der Waals surface area (Å²) in [6.45, 7) is 4.10. The van der Waals surface area contributed by atoms with E-state index in [1.807, 2.05) is 60.7 Å². The maximum absolute atomic E-state index is 13.9. The molecular formula is C30H37N5O4. The average molecular weight is 532 g/mol. The van der Waals surface area contributed by atoms with E-state index in [1.54, 1.807) is 23.8 Å². The van der Waals surface area contributed by atoms with E-state index in [4.69, 9.17) is 15.6 Å². The summed E-state index contributed by atoms with van der Waals surface area (Å²) in [5.41, 5.74) is 6.78. The van der Waals surface area contributed by atoms with Crippen molar-refractivity contribution in [1.29, 1.82) is 0 Å². The van der Waals surface area contributed by atoms with Crippen LogP contribution in [0.1, 0.15) is 44.2 Å². The molecule has 0 spiro atoms. The van der Waals surface area contributed by atoms with Crippen molar-refractivity contribution in [2.24, 2.45) is 16.3 Å². The zero-order chi connectivity index (χ0) is 27.6. The number of carbonyl (C=O) groups excluding carboxylic acids is 3. The molecule has 3 N–H and O–H groups in total. The highest BCUT2D eigenvalue weighted by Crippen LogP contribution is 2.43. The number of piperidine rings is 1. The van der Waals surface area contributed by atoms with Gasteiger partial charge in [0.15, 0.2) is 0 Å². The number of hydrogen-bond acceptors (Lipinski definition) is 6. The maximum Gasteiger partial charge on any atom is 0.257 e. The second-order valence-corrected chi connectivity index (χ2v) is 11.4. The first-order valence-corrected chi connectivity index (χ1v) is 13.6. The predicted octanol–water partition coefficient (Wildman–Crippen LogP) is 2.25. The lowest BCUT2D eigenvalue weighted by molar-refractivity contribution is -0.144. The Hall–Kier alpha value is -3.56. The van der Waals surface area contributed by atoms with E-state index in [2.05, 4.69) is 5.32 Å². The third kappa shape index (κ3) is 5.89. The number of nitrogens with one attached hydrogen (secondary N) is 1. The quantitative estimate of drug-likeness (QED) is 0.488. The molecule has 39 heavy (non-hydrogen) atoms. The van der Waals surface area contributed by atoms with Gasteiger partial charge in [-0.05, 0) is 44.2 Å². The number of hydrogen-bond donors (Lipinski definition) is 2. The fourth-order valence-electron chi connectivity index (χ4n) is 5.25. The minimum absolute atomic E-state index is 0.0131. The van der Waals surface area contributed by atoms with E-state index in [0.29, 0.717) is 26.0 Å². The highest BCUT2D eigenvalue weighted by Gasteiger charge is 2.57. The minimum Gasteiger partial charge on any atom is -0.374 e. The second-order valence-electron chi connectivity index (χ2n) is 11.4. The number of benzene rings is 2. The molecule has 3 amide bonds. The van der Waals surface area contributed by atoms with Gasteiger partial charge in [0.05, 0.1) is 30.5 Å². The second kappa shape index (κ2) is 10.9. The van der Waals surface area contributed by atoms with Crippen molar-refractivity contribution < 1.29 is 19.1 Å². The highest BCUT2D eigenvalue weighted by atomic mass is 16.5. The Balaban J connectivity index is 1.37. The van der Waals surface area contributed by atoms with Gasteiger partial charge in [-0.15, -0.1) is 0 Å². The van der Waals surface area contributed by atoms with Crippen LogP contribution in [-0.4, -0.2) is 70.7 Å². The predicted molar refractivity (Wildman–Crippen MR) is 147 cm³/mol. The normalized spacial score (nSPS) is 21.8. The van der Waals surface area contributed by atoms with Gasteiger partial charge in [-0.25, -0.2) is 5.01 Å². The molecule has 1 saturated heterocycles. The lowest BCUT2D eigenvalue weighted by Crippen LogP contribution is -2.61. The lowest BCUT2D eigenvalue weighted by Gasteiger charge is -2.41. The minimum atomic E-state index is -1.17. The van der Waals surface area contributed by atoms with Crippen molar-refractivity contribution in [1.82, 2.24) is 15.2 Å². The van der Waals surface area contributed by atoms with E-state index >= 15 is 0 Å². The Bertz CT molecular complexity index is 1240. The summed E-state index contributed by atoms with van der Waals surface area (Å²) in [6, 6.07) is 18.7. The number of ether oxygens (including phenoxy) is 1. The molecule has 2 heterocycles. The van der Waals surface area contributed by atoms with Gasteiger partial charge in [0.1, 0.15) is 11.5 Å². The summed E-state index contributed by atoms with van der Waals surface area (Å²) >= 11 is 0. The van der Waals surface area contributed by atoms with Crippen LogP contribution in [0.3, 0.4) is 0 Å². The van der Waals surface area contributed by atoms with Crippen molar-refractivity contribution in [3.8, 4) is 0 Å². The van der Waals surface area contributed by atoms with Gasteiger partial charge in [-0.3, -0.25) is 14.4 Å². The summed E-state index contributed by atoms with van der Waals surface area (Å²) in [7, 11) is 0. The van der Waals surface area contributed by atoms with E-state index in [1.165, 1.54) is 0 Å². The zero-order valence-corrected chi connectivity index (χ0v) is 22.6. The number of amides is 3. The van der Waals surface area contributed by atoms with Crippen LogP contribution in [-0.2, 0) is 32.1 Å². The highest BCUT2D eigenvalue weighted by molar-refractivity contribution is 6.14. The van der Waals surface area contributed by atoms with E-state index in [-0.39, 0.29) is 31.0 Å². The van der Waals surface area contributed by atoms with Crippen LogP contribution in [0.4, 0.5) is 0 Å². The smallest absolute Gasteiger partial charge is 0.257 e. The SMILES string of the molecule is CC(C)(N)C(=O)N[C@H](COCc1ccccc1)C(=O)N1CCC2=NN(C3CC3)C(=O)[C@]2(Cc2ccccc2)C1. The van der Waals surface area contributed by atoms with Gasteiger partial charge in [-0.2, -0.15) is 5.10 Å². The van der Waals surface area contributed by atoms with Gasteiger partial charge in [0.25, 0.3) is 5.91 Å². The van der Waals surface area contributed by atoms with Crippen LogP contribution in [0.5, 0.6) is 0 Å². The molecule has 0 unspecified atom stereocenters. The first-order valence-electron chi connectivity index (χ1n) is 13.6. The fourth-order valence-corrected chi connectivity index (χ4v) is 5.25. The summed E-state index contributed by atoms with van der Waals surface area (Å²) < 4.78 is 5.89. The lowest BCUT2D eigenvalue weighted by atomic mass is 9.73. The standard InChI is InChI=1S/C30H37N5O4/c1-29(2,31)27(37)32-24(19-39-18-22-11-7-4-8-12-22)26(36)34-16-15-25-30(20-34,17-21-9-5-3-6-10-21)28(38)35(33-25)23-13-14-23/h3-12,23-24H,13-20,31H2,1-2H3,(H,32,37)/t24-,30-/m1/s1. The number of rotatable bonds is 10. The Morgan fingerprint density at radius 1 is 1.10 bits per heavy atom. The fraction of sp³-hybridized carbons (Fsp3) is 0.467. The molecule has 2 fully saturated rings. The molecule has 9 heteroatoms. The number of fused-ring (bicyclic) bond motifs is 1. The molecule has 5 rings (SSSR count). The Kier molecular flexibility index (Phi) is 7.55. The van der Waals surface area contributed by atoms with Crippen LogP contribution in [0.15, 0.2) is 65.8 Å². The van der Waals surface area contributed by atoms with E-state index < -0.39 is 22.9 Å². The maximum atomic E-state index is 13.9. The Morgan fingerprint density at radius 2 is 1.74 bits per heavy atom. The monoisotopic (exact) mass is 531 g/mol. The van der Waals surface area contributed by atoms with Crippen molar-refractivity contribution in [2.45, 2.75) is 63.8 Å². The van der Waals surface area contributed by atoms with Crippen molar-refractivity contribution in [3.05, 3.63) is 71.8 Å². The van der Waals surface area contributed by atoms with Gasteiger partial charge in [0, 0.05) is 19.5 Å². The molecule has 2 aromatic rings. The molecular weight excluding hydrogens is 494 g/mol. The van der Waals surface area contributed by atoms with Gasteiger partial charge in [0.2, 0.25) is 11.8 Å². The van der Waals surface area contributed by atoms with Crippen LogP contribution < -0.4 is 11.1 Å². The number of likely N-dealkylation sites (tertiary alicyclic amines) is 1. The molecule has 3 aliphatic rings. The molecule has 2 atom stereocenters. The molecule has 206 valence electrons. The number of carbonyl (C=O) groups is 3. The zero-order valence-electron chi connectivity index (χ0n) is 22.6. The Labute approximate surface area is 229 Å². The molecule has 9 nitrogen and oxygen atoms in total. The number of hydrazone groups is 1. The topological polar surface area (TPSA) is 117 Å². The van der Waals surface area contributed by atoms with Crippen molar-refractivity contribution in [2.75, 3.05) is 19.7 Å². The molecule has 0 radical (unpaired) electrons. The molecule has 0 bridgehead atoms. The first-order chi connectivity index (χ1) is 18.7. The molecule has 1 aliphatic carbocycles. The molecule has 0 aromatic heterocycles.